The minimum Gasteiger partial charge on any atom is -0.480 e. The van der Waals surface area contributed by atoms with Crippen LogP contribution in [0.25, 0.3) is 0 Å². The number of carboxylic acid groups (broad SMARTS) is 1. The van der Waals surface area contributed by atoms with Crippen molar-refractivity contribution in [2.75, 3.05) is 13.7 Å². The topological polar surface area (TPSA) is 92.6 Å². The summed E-state index contributed by atoms with van der Waals surface area (Å²) in [6.45, 7) is 0.282. The van der Waals surface area contributed by atoms with Gasteiger partial charge in [-0.05, 0) is 11.5 Å². The van der Waals surface area contributed by atoms with Crippen molar-refractivity contribution in [3.05, 3.63) is 11.1 Å². The maximum Gasteiger partial charge on any atom is 0.326 e. The number of hydrogen-bond acceptors (Lipinski definition) is 6. The number of likely N-dealkylation sites (tertiary alicyclic amines) is 1. The Hall–Kier alpha value is -1.54. The number of aromatic nitrogens is 2. The molecule has 2 unspecified atom stereocenters. The van der Waals surface area contributed by atoms with Crippen LogP contribution in [0.1, 0.15) is 16.1 Å². The number of aliphatic carboxylic acids is 1. The van der Waals surface area contributed by atoms with E-state index in [1.165, 1.54) is 18.2 Å². The number of nitrogens with zero attached hydrogens (tertiary/aromatic N) is 3. The monoisotopic (exact) mass is 257 g/mol. The fraction of sp³-hybridized carbons (Fsp3) is 0.556. The molecule has 17 heavy (non-hydrogen) atoms. The first-order valence-corrected chi connectivity index (χ1v) is 5.74. The van der Waals surface area contributed by atoms with Gasteiger partial charge in [-0.2, -0.15) is 0 Å². The molecule has 2 heterocycles. The van der Waals surface area contributed by atoms with Crippen molar-refractivity contribution >= 4 is 23.4 Å². The van der Waals surface area contributed by atoms with Crippen molar-refractivity contribution in [1.29, 1.82) is 0 Å². The van der Waals surface area contributed by atoms with Gasteiger partial charge >= 0.3 is 5.97 Å². The molecule has 0 bridgehead atoms. The molecule has 8 heteroatoms. The highest BCUT2D eigenvalue weighted by Crippen LogP contribution is 2.23. The lowest BCUT2D eigenvalue weighted by Crippen LogP contribution is -2.40. The van der Waals surface area contributed by atoms with Crippen LogP contribution >= 0.6 is 11.5 Å². The Bertz CT molecular complexity index is 422. The Kier molecular flexibility index (Phi) is 3.34. The maximum absolute atomic E-state index is 12.0. The Morgan fingerprint density at radius 2 is 2.41 bits per heavy atom. The average molecular weight is 257 g/mol. The lowest BCUT2D eigenvalue weighted by molar-refractivity contribution is -0.141. The van der Waals surface area contributed by atoms with Crippen LogP contribution in [-0.4, -0.2) is 57.3 Å². The lowest BCUT2D eigenvalue weighted by atomic mass is 10.2. The molecular formula is C9H11N3O4S. The van der Waals surface area contributed by atoms with E-state index in [1.807, 2.05) is 0 Å². The zero-order valence-corrected chi connectivity index (χ0v) is 9.88. The highest BCUT2D eigenvalue weighted by atomic mass is 32.1. The van der Waals surface area contributed by atoms with Crippen molar-refractivity contribution in [3.8, 4) is 0 Å². The van der Waals surface area contributed by atoms with Crippen LogP contribution in [0.5, 0.6) is 0 Å². The van der Waals surface area contributed by atoms with E-state index in [-0.39, 0.29) is 18.6 Å². The van der Waals surface area contributed by atoms with E-state index in [0.29, 0.717) is 11.3 Å². The molecule has 0 radical (unpaired) electrons. The summed E-state index contributed by atoms with van der Waals surface area (Å²) in [6, 6.07) is -0.838. The van der Waals surface area contributed by atoms with Crippen molar-refractivity contribution in [3.63, 3.8) is 0 Å². The van der Waals surface area contributed by atoms with Gasteiger partial charge in [0.2, 0.25) is 0 Å². The zero-order valence-electron chi connectivity index (χ0n) is 9.07. The molecule has 1 N–H and O–H groups in total. The van der Waals surface area contributed by atoms with Crippen molar-refractivity contribution in [2.45, 2.75) is 18.6 Å². The lowest BCUT2D eigenvalue weighted by Gasteiger charge is -2.19. The molecule has 2 atom stereocenters. The maximum atomic E-state index is 12.0. The molecule has 1 aromatic heterocycles. The summed E-state index contributed by atoms with van der Waals surface area (Å²) in [5.41, 5.74) is 0. The summed E-state index contributed by atoms with van der Waals surface area (Å²) in [4.78, 5) is 24.7. The summed E-state index contributed by atoms with van der Waals surface area (Å²) >= 11 is 0.954. The minimum absolute atomic E-state index is 0.235. The predicted octanol–water partition coefficient (Wildman–Crippen LogP) is -0.148. The third-order valence-corrected chi connectivity index (χ3v) is 3.37. The summed E-state index contributed by atoms with van der Waals surface area (Å²) in [7, 11) is 1.51. The van der Waals surface area contributed by atoms with Gasteiger partial charge in [0.15, 0.2) is 0 Å². The molecular weight excluding hydrogens is 246 g/mol. The number of methoxy groups -OCH3 is 1. The number of rotatable bonds is 3. The van der Waals surface area contributed by atoms with Gasteiger partial charge in [-0.15, -0.1) is 5.10 Å². The minimum atomic E-state index is -1.02. The molecule has 0 saturated carbocycles. The molecule has 2 rings (SSSR count). The van der Waals surface area contributed by atoms with Gasteiger partial charge in [0.1, 0.15) is 10.9 Å². The van der Waals surface area contributed by atoms with Gasteiger partial charge in [0.05, 0.1) is 12.3 Å². The van der Waals surface area contributed by atoms with Crippen molar-refractivity contribution in [1.82, 2.24) is 14.5 Å². The van der Waals surface area contributed by atoms with E-state index in [9.17, 15) is 9.59 Å². The highest BCUT2D eigenvalue weighted by molar-refractivity contribution is 7.07. The summed E-state index contributed by atoms with van der Waals surface area (Å²) in [5.74, 6) is -1.37. The molecule has 1 fully saturated rings. The SMILES string of the molecule is COC1CC(C(=O)O)N(C(=O)c2cnns2)C1. The third-order valence-electron chi connectivity index (χ3n) is 2.71. The predicted molar refractivity (Wildman–Crippen MR) is 57.8 cm³/mol. The standard InChI is InChI=1S/C9H11N3O4S/c1-16-5-2-6(9(14)15)12(4-5)8(13)7-3-10-11-17-7/h3,5-6H,2,4H2,1H3,(H,14,15). The molecule has 1 aromatic rings. The second-order valence-electron chi connectivity index (χ2n) is 3.69. The van der Waals surface area contributed by atoms with E-state index in [4.69, 9.17) is 9.84 Å². The van der Waals surface area contributed by atoms with E-state index >= 15 is 0 Å². The van der Waals surface area contributed by atoms with Crippen LogP contribution in [0.15, 0.2) is 6.20 Å². The van der Waals surface area contributed by atoms with E-state index in [0.717, 1.165) is 11.5 Å². The number of carbonyl (C=O) groups excluding carboxylic acids is 1. The second-order valence-corrected chi connectivity index (χ2v) is 4.47. The number of amides is 1. The van der Waals surface area contributed by atoms with Crippen LogP contribution < -0.4 is 0 Å². The number of hydrogen-bond donors (Lipinski definition) is 1. The quantitative estimate of drug-likeness (QED) is 0.809. The first-order chi connectivity index (χ1) is 8.13. The largest absolute Gasteiger partial charge is 0.480 e. The first kappa shape index (κ1) is 11.9. The first-order valence-electron chi connectivity index (χ1n) is 4.97. The normalized spacial score (nSPS) is 23.9. The second kappa shape index (κ2) is 4.76. The van der Waals surface area contributed by atoms with Gasteiger partial charge in [0.25, 0.3) is 5.91 Å². The number of ether oxygens (including phenoxy) is 1. The van der Waals surface area contributed by atoms with Crippen LogP contribution in [0.4, 0.5) is 0 Å². The van der Waals surface area contributed by atoms with Gasteiger partial charge in [-0.1, -0.05) is 4.49 Å². The smallest absolute Gasteiger partial charge is 0.326 e. The van der Waals surface area contributed by atoms with Crippen LogP contribution in [0.3, 0.4) is 0 Å². The van der Waals surface area contributed by atoms with Crippen molar-refractivity contribution in [2.24, 2.45) is 0 Å². The molecule has 1 saturated heterocycles. The zero-order chi connectivity index (χ0) is 12.4. The Labute approximate surface area is 101 Å². The van der Waals surface area contributed by atoms with Gasteiger partial charge < -0.3 is 14.7 Å². The number of carbonyl (C=O) groups is 2. The Morgan fingerprint density at radius 1 is 1.65 bits per heavy atom. The molecule has 1 aliphatic rings. The molecule has 1 amide bonds. The highest BCUT2D eigenvalue weighted by Gasteiger charge is 2.40. The molecule has 0 aromatic carbocycles. The fourth-order valence-corrected chi connectivity index (χ4v) is 2.30. The Morgan fingerprint density at radius 3 is 2.94 bits per heavy atom. The molecule has 7 nitrogen and oxygen atoms in total. The van der Waals surface area contributed by atoms with Crippen LogP contribution in [-0.2, 0) is 9.53 Å². The van der Waals surface area contributed by atoms with Crippen LogP contribution in [0.2, 0.25) is 0 Å². The summed E-state index contributed by atoms with van der Waals surface area (Å²) in [5, 5.41) is 12.6. The molecule has 1 aliphatic heterocycles. The van der Waals surface area contributed by atoms with Crippen molar-refractivity contribution < 1.29 is 19.4 Å². The van der Waals surface area contributed by atoms with Gasteiger partial charge in [-0.25, -0.2) is 4.79 Å². The molecule has 0 spiro atoms. The van der Waals surface area contributed by atoms with E-state index in [1.54, 1.807) is 0 Å². The third kappa shape index (κ3) is 2.27. The fourth-order valence-electron chi connectivity index (χ4n) is 1.83. The van der Waals surface area contributed by atoms with Gasteiger partial charge in [-0.3, -0.25) is 4.79 Å². The molecule has 0 aliphatic carbocycles. The van der Waals surface area contributed by atoms with E-state index in [2.05, 4.69) is 9.59 Å². The van der Waals surface area contributed by atoms with Crippen LogP contribution in [0, 0.1) is 0 Å². The Balaban J connectivity index is 2.18. The van der Waals surface area contributed by atoms with E-state index < -0.39 is 12.0 Å². The molecule has 92 valence electrons. The summed E-state index contributed by atoms with van der Waals surface area (Å²) in [6.07, 6.45) is 1.41. The average Bonchev–Trinajstić information content (AvgIpc) is 2.97. The van der Waals surface area contributed by atoms with Gasteiger partial charge in [0, 0.05) is 20.1 Å². The summed E-state index contributed by atoms with van der Waals surface area (Å²) < 4.78 is 8.69. The number of carboxylic acids is 1.